The van der Waals surface area contributed by atoms with Gasteiger partial charge >= 0.3 is 5.97 Å². The quantitative estimate of drug-likeness (QED) is 0.888. The third kappa shape index (κ3) is 1.93. The number of carboxylic acids is 1. The number of aryl methyl sites for hydroxylation is 1. The first-order chi connectivity index (χ1) is 8.48. The van der Waals surface area contributed by atoms with Gasteiger partial charge in [-0.25, -0.2) is 4.79 Å². The van der Waals surface area contributed by atoms with Crippen molar-refractivity contribution in [2.75, 3.05) is 13.6 Å². The molecule has 1 atom stereocenters. The molecule has 1 aromatic rings. The molecular weight excluding hydrogens is 226 g/mol. The zero-order valence-electron chi connectivity index (χ0n) is 11.3. The number of hydrogen-bond donors (Lipinski definition) is 1. The van der Waals surface area contributed by atoms with E-state index in [2.05, 4.69) is 13.8 Å². The predicted octanol–water partition coefficient (Wildman–Crippen LogP) is 2.50. The molecule has 0 saturated carbocycles. The average Bonchev–Trinajstić information content (AvgIpc) is 2.68. The third-order valence-electron chi connectivity index (χ3n) is 3.86. The van der Waals surface area contributed by atoms with E-state index in [0.717, 1.165) is 18.5 Å². The highest BCUT2D eigenvalue weighted by Crippen LogP contribution is 2.41. The largest absolute Gasteiger partial charge is 0.480 e. The third-order valence-corrected chi connectivity index (χ3v) is 3.86. The molecule has 0 heterocycles. The van der Waals surface area contributed by atoms with E-state index in [0.29, 0.717) is 12.3 Å². The van der Waals surface area contributed by atoms with E-state index < -0.39 is 11.5 Å². The van der Waals surface area contributed by atoms with Crippen LogP contribution < -0.4 is 0 Å². The van der Waals surface area contributed by atoms with Crippen molar-refractivity contribution in [3.63, 3.8) is 0 Å². The molecule has 1 N–H and O–H groups in total. The first kappa shape index (κ1) is 13.1. The average molecular weight is 247 g/mol. The molecule has 0 radical (unpaired) electrons. The standard InChI is InChI=1S/C15H21NO2/c1-11(2)10-16(3)15(14(17)18)9-8-12-6-4-5-7-13(12)15/h4-7,11H,8-10H2,1-3H3,(H,17,18). The Morgan fingerprint density at radius 1 is 1.44 bits per heavy atom. The zero-order chi connectivity index (χ0) is 13.3. The SMILES string of the molecule is CC(C)CN(C)C1(C(=O)O)CCc2ccccc21. The minimum atomic E-state index is -0.832. The lowest BCUT2D eigenvalue weighted by molar-refractivity contribution is -0.152. The molecule has 18 heavy (non-hydrogen) atoms. The van der Waals surface area contributed by atoms with Crippen molar-refractivity contribution in [3.05, 3.63) is 35.4 Å². The number of hydrogen-bond acceptors (Lipinski definition) is 2. The summed E-state index contributed by atoms with van der Waals surface area (Å²) in [6.45, 7) is 5.03. The summed E-state index contributed by atoms with van der Waals surface area (Å²) in [6, 6.07) is 7.93. The molecule has 3 heteroatoms. The van der Waals surface area contributed by atoms with Crippen LogP contribution in [0.3, 0.4) is 0 Å². The van der Waals surface area contributed by atoms with Crippen LogP contribution >= 0.6 is 0 Å². The van der Waals surface area contributed by atoms with Crippen molar-refractivity contribution in [2.45, 2.75) is 32.2 Å². The molecule has 1 aliphatic rings. The van der Waals surface area contributed by atoms with Gasteiger partial charge in [-0.05, 0) is 36.9 Å². The van der Waals surface area contributed by atoms with Gasteiger partial charge in [0.15, 0.2) is 0 Å². The first-order valence-corrected chi connectivity index (χ1v) is 6.51. The minimum absolute atomic E-state index is 0.457. The molecule has 1 aliphatic carbocycles. The van der Waals surface area contributed by atoms with E-state index in [9.17, 15) is 9.90 Å². The van der Waals surface area contributed by atoms with Gasteiger partial charge in [0.2, 0.25) is 0 Å². The fraction of sp³-hybridized carbons (Fsp3) is 0.533. The summed E-state index contributed by atoms with van der Waals surface area (Å²) >= 11 is 0. The maximum atomic E-state index is 11.9. The van der Waals surface area contributed by atoms with Crippen molar-refractivity contribution in [1.82, 2.24) is 4.90 Å². The fourth-order valence-corrected chi connectivity index (χ4v) is 3.08. The van der Waals surface area contributed by atoms with Gasteiger partial charge in [0.05, 0.1) is 0 Å². The van der Waals surface area contributed by atoms with Crippen molar-refractivity contribution in [2.24, 2.45) is 5.92 Å². The number of nitrogens with zero attached hydrogens (tertiary/aromatic N) is 1. The number of aliphatic carboxylic acids is 1. The summed E-state index contributed by atoms with van der Waals surface area (Å²) in [7, 11) is 1.93. The van der Waals surface area contributed by atoms with E-state index in [1.54, 1.807) is 0 Å². The van der Waals surface area contributed by atoms with Crippen molar-refractivity contribution < 1.29 is 9.90 Å². The van der Waals surface area contributed by atoms with Crippen LogP contribution in [0.4, 0.5) is 0 Å². The molecule has 1 unspecified atom stereocenters. The molecule has 0 amide bonds. The van der Waals surface area contributed by atoms with Crippen LogP contribution in [0.1, 0.15) is 31.4 Å². The van der Waals surface area contributed by atoms with Gasteiger partial charge in [0.1, 0.15) is 5.54 Å². The smallest absolute Gasteiger partial charge is 0.328 e. The van der Waals surface area contributed by atoms with Gasteiger partial charge < -0.3 is 5.11 Å². The lowest BCUT2D eigenvalue weighted by Gasteiger charge is -2.36. The maximum Gasteiger partial charge on any atom is 0.328 e. The Bertz CT molecular complexity index is 456. The van der Waals surface area contributed by atoms with E-state index in [-0.39, 0.29) is 0 Å². The number of carboxylic acid groups (broad SMARTS) is 1. The van der Waals surface area contributed by atoms with Crippen LogP contribution in [0, 0.1) is 5.92 Å². The molecule has 0 bridgehead atoms. The molecule has 0 fully saturated rings. The number of benzene rings is 1. The highest BCUT2D eigenvalue weighted by molar-refractivity contribution is 5.82. The lowest BCUT2D eigenvalue weighted by Crippen LogP contribution is -2.49. The molecule has 0 aliphatic heterocycles. The number of likely N-dealkylation sites (N-methyl/N-ethyl adjacent to an activating group) is 1. The van der Waals surface area contributed by atoms with E-state index in [4.69, 9.17) is 0 Å². The molecule has 1 aromatic carbocycles. The maximum absolute atomic E-state index is 11.9. The van der Waals surface area contributed by atoms with Crippen LogP contribution in [0.15, 0.2) is 24.3 Å². The number of rotatable bonds is 4. The van der Waals surface area contributed by atoms with E-state index in [1.807, 2.05) is 36.2 Å². The van der Waals surface area contributed by atoms with E-state index in [1.165, 1.54) is 5.56 Å². The zero-order valence-corrected chi connectivity index (χ0v) is 11.3. The molecule has 3 nitrogen and oxygen atoms in total. The molecular formula is C15H21NO2. The van der Waals surface area contributed by atoms with Crippen LogP contribution in [-0.2, 0) is 16.8 Å². The van der Waals surface area contributed by atoms with E-state index >= 15 is 0 Å². The Hall–Kier alpha value is -1.35. The van der Waals surface area contributed by atoms with Crippen molar-refractivity contribution >= 4 is 5.97 Å². The van der Waals surface area contributed by atoms with Crippen LogP contribution in [0.2, 0.25) is 0 Å². The molecule has 0 spiro atoms. The number of carbonyl (C=O) groups is 1. The monoisotopic (exact) mass is 247 g/mol. The first-order valence-electron chi connectivity index (χ1n) is 6.51. The molecule has 98 valence electrons. The Morgan fingerprint density at radius 2 is 2.11 bits per heavy atom. The summed E-state index contributed by atoms with van der Waals surface area (Å²) in [6.07, 6.45) is 1.52. The van der Waals surface area contributed by atoms with Gasteiger partial charge in [-0.2, -0.15) is 0 Å². The summed E-state index contributed by atoms with van der Waals surface area (Å²) < 4.78 is 0. The Labute approximate surface area is 108 Å². The summed E-state index contributed by atoms with van der Waals surface area (Å²) in [5.41, 5.74) is 1.32. The summed E-state index contributed by atoms with van der Waals surface area (Å²) in [5.74, 6) is -0.269. The summed E-state index contributed by atoms with van der Waals surface area (Å²) in [5, 5.41) is 9.75. The Morgan fingerprint density at radius 3 is 2.72 bits per heavy atom. The molecule has 2 rings (SSSR count). The van der Waals surface area contributed by atoms with Crippen LogP contribution in [-0.4, -0.2) is 29.6 Å². The lowest BCUT2D eigenvalue weighted by atomic mass is 9.89. The van der Waals surface area contributed by atoms with Crippen molar-refractivity contribution in [3.8, 4) is 0 Å². The van der Waals surface area contributed by atoms with Crippen LogP contribution in [0.5, 0.6) is 0 Å². The van der Waals surface area contributed by atoms with Gasteiger partial charge in [-0.15, -0.1) is 0 Å². The summed E-state index contributed by atoms with van der Waals surface area (Å²) in [4.78, 5) is 13.9. The minimum Gasteiger partial charge on any atom is -0.480 e. The van der Waals surface area contributed by atoms with Crippen LogP contribution in [0.25, 0.3) is 0 Å². The highest BCUT2D eigenvalue weighted by atomic mass is 16.4. The fourth-order valence-electron chi connectivity index (χ4n) is 3.08. The second-order valence-electron chi connectivity index (χ2n) is 5.60. The second-order valence-corrected chi connectivity index (χ2v) is 5.60. The second kappa shape index (κ2) is 4.73. The Kier molecular flexibility index (Phi) is 3.44. The highest BCUT2D eigenvalue weighted by Gasteiger charge is 2.48. The normalized spacial score (nSPS) is 22.5. The van der Waals surface area contributed by atoms with Gasteiger partial charge in [0, 0.05) is 6.54 Å². The molecule has 0 aromatic heterocycles. The molecule has 0 saturated heterocycles. The van der Waals surface area contributed by atoms with Gasteiger partial charge in [0.25, 0.3) is 0 Å². The van der Waals surface area contributed by atoms with Gasteiger partial charge in [-0.1, -0.05) is 38.1 Å². The number of fused-ring (bicyclic) bond motifs is 1. The topological polar surface area (TPSA) is 40.5 Å². The van der Waals surface area contributed by atoms with Gasteiger partial charge in [-0.3, -0.25) is 4.90 Å². The Balaban J connectivity index is 2.44. The predicted molar refractivity (Wildman–Crippen MR) is 71.5 cm³/mol. The van der Waals surface area contributed by atoms with Crippen molar-refractivity contribution in [1.29, 1.82) is 0 Å².